The van der Waals surface area contributed by atoms with Crippen LogP contribution in [-0.2, 0) is 35.5 Å². The number of pyridine rings is 2. The van der Waals surface area contributed by atoms with Gasteiger partial charge in [0.15, 0.2) is 0 Å². The number of hydrogen-bond donors (Lipinski definition) is 3. The molecule has 2 saturated heterocycles. The maximum Gasteiger partial charge on any atom is 2.00 e. The summed E-state index contributed by atoms with van der Waals surface area (Å²) in [5.74, 6) is 1.87. The second-order valence-electron chi connectivity index (χ2n) is 17.8. The van der Waals surface area contributed by atoms with Crippen LogP contribution in [0, 0.1) is 19.3 Å². The van der Waals surface area contributed by atoms with Gasteiger partial charge in [0.2, 0.25) is 0 Å². The zero-order chi connectivity index (χ0) is 43.3. The topological polar surface area (TPSA) is 168 Å². The number of esters is 1. The van der Waals surface area contributed by atoms with E-state index in [2.05, 4.69) is 74.4 Å². The van der Waals surface area contributed by atoms with Crippen molar-refractivity contribution in [2.45, 2.75) is 97.0 Å². The number of H-pyrrole nitrogens is 2. The van der Waals surface area contributed by atoms with Gasteiger partial charge < -0.3 is 63.8 Å². The number of ether oxygens (including phenoxy) is 1. The smallest absolute Gasteiger partial charge is 1.00 e. The van der Waals surface area contributed by atoms with Gasteiger partial charge in [0.25, 0.3) is 0 Å². The van der Waals surface area contributed by atoms with Crippen molar-refractivity contribution in [3.8, 4) is 0 Å². The molecule has 0 spiro atoms. The molecule has 0 saturated carbocycles. The predicted molar refractivity (Wildman–Crippen MR) is 255 cm³/mol. The first kappa shape index (κ1) is 50.4. The number of rotatable bonds is 6. The van der Waals surface area contributed by atoms with Crippen molar-refractivity contribution in [2.24, 2.45) is 11.8 Å². The molecule has 0 amide bonds. The molecule has 0 aliphatic carbocycles. The predicted octanol–water partition coefficient (Wildman–Crippen LogP) is 4.37. The summed E-state index contributed by atoms with van der Waals surface area (Å²) in [5.41, 5.74) is 7.49. The molecule has 6 aromatic rings. The first-order valence-corrected chi connectivity index (χ1v) is 22.4. The summed E-state index contributed by atoms with van der Waals surface area (Å²) < 4.78 is 4.99. The third kappa shape index (κ3) is 10.3. The second-order valence-corrected chi connectivity index (χ2v) is 18.5. The quantitative estimate of drug-likeness (QED) is 0.0933. The summed E-state index contributed by atoms with van der Waals surface area (Å²) in [6.07, 6.45) is 12.7. The van der Waals surface area contributed by atoms with Crippen LogP contribution in [0.2, 0.25) is 10.3 Å². The van der Waals surface area contributed by atoms with Crippen LogP contribution < -0.4 is 36.6 Å². The molecule has 0 aromatic carbocycles. The zero-order valence-corrected chi connectivity index (χ0v) is 42.5. The summed E-state index contributed by atoms with van der Waals surface area (Å²) >= 11 is 12.7. The van der Waals surface area contributed by atoms with Crippen molar-refractivity contribution in [3.05, 3.63) is 89.6 Å². The molecule has 2 fully saturated rings. The second kappa shape index (κ2) is 20.9. The van der Waals surface area contributed by atoms with Crippen molar-refractivity contribution in [3.63, 3.8) is 0 Å². The van der Waals surface area contributed by atoms with Gasteiger partial charge >= 0.3 is 29.0 Å². The number of halogens is 3. The Morgan fingerprint density at radius 2 is 1.26 bits per heavy atom. The Morgan fingerprint density at radius 3 is 1.74 bits per heavy atom. The fourth-order valence-corrected chi connectivity index (χ4v) is 10.3. The first-order valence-electron chi connectivity index (χ1n) is 21.6. The number of aromatic amines is 2. The van der Waals surface area contributed by atoms with Crippen molar-refractivity contribution < 1.29 is 31.6 Å². The Kier molecular flexibility index (Phi) is 16.2. The maximum atomic E-state index is 12.1. The Hall–Kier alpha value is -4.00. The van der Waals surface area contributed by atoms with Gasteiger partial charge in [-0.1, -0.05) is 23.2 Å². The maximum absolute atomic E-state index is 12.1. The number of carbonyl (C=O) groups excluding carboxylic acids is 1. The van der Waals surface area contributed by atoms with Gasteiger partial charge in [-0.05, 0) is 77.6 Å². The number of nitrogens with zero attached hydrogens (tertiary/aromatic N) is 10. The number of piperidine rings is 2. The fourth-order valence-electron chi connectivity index (χ4n) is 9.90. The molecular formula is C46H57BrCl2MgN12O3. The molecule has 19 heteroatoms. The Morgan fingerprint density at radius 1 is 0.785 bits per heavy atom. The van der Waals surface area contributed by atoms with Crippen LogP contribution in [0.5, 0.6) is 0 Å². The van der Waals surface area contributed by atoms with Crippen LogP contribution in [0.25, 0.3) is 22.1 Å². The molecule has 0 unspecified atom stereocenters. The fraction of sp³-hybridized carbons (Fsp3) is 0.478. The molecule has 10 heterocycles. The summed E-state index contributed by atoms with van der Waals surface area (Å²) in [6.45, 7) is 12.9. The standard InChI is InChI=1S/C23H29ClN6O.C22H25ClN6O2.CH3.BrH.Mg/c1-14-9-18-17(12-30(14)19-10-20(24)28-21-16(19)6-7-25-21)22(27-13-26-18)29-8-4-5-15(11-29)23(2,3)31;1-13-8-17-16(11-29(13)18-9-19(23)27-20-15(18)5-6-24-20)21(26-12-25-17)28-7-3-4-14(10-28)22(30)31-2;;;/h6-7,10,13-15,31H,4-5,8-9,11-12H2,1-3H3,(H,25,28);5-6,9,12-14H,3-4,7-8,10-11H2,1-2H3,(H,24,27);1H3;1H;/q;;-1;;+2/p-1/t14-,15-;13-,14-;;;/m11.../s1. The van der Waals surface area contributed by atoms with Gasteiger partial charge in [-0.15, -0.1) is 0 Å². The van der Waals surface area contributed by atoms with Crippen LogP contribution in [0.1, 0.15) is 75.9 Å². The normalized spacial score (nSPS) is 20.7. The van der Waals surface area contributed by atoms with Gasteiger partial charge in [0.1, 0.15) is 45.9 Å². The Balaban J connectivity index is 0.000000206. The molecule has 4 aliphatic rings. The van der Waals surface area contributed by atoms with Crippen molar-refractivity contribution in [1.29, 1.82) is 0 Å². The van der Waals surface area contributed by atoms with Crippen LogP contribution in [0.4, 0.5) is 23.0 Å². The number of fused-ring (bicyclic) bond motifs is 4. The van der Waals surface area contributed by atoms with Crippen LogP contribution in [0.15, 0.2) is 49.3 Å². The van der Waals surface area contributed by atoms with Crippen molar-refractivity contribution in [1.82, 2.24) is 39.9 Å². The van der Waals surface area contributed by atoms with Crippen LogP contribution in [0.3, 0.4) is 0 Å². The minimum Gasteiger partial charge on any atom is -1.00 e. The molecule has 342 valence electrons. The van der Waals surface area contributed by atoms with Crippen molar-refractivity contribution >= 4 is 97.3 Å². The first-order chi connectivity index (χ1) is 29.9. The van der Waals surface area contributed by atoms with Gasteiger partial charge in [-0.2, -0.15) is 0 Å². The minimum absolute atomic E-state index is 0. The van der Waals surface area contributed by atoms with E-state index >= 15 is 0 Å². The average molecular weight is 1000 g/mol. The van der Waals surface area contributed by atoms with Gasteiger partial charge in [0.05, 0.1) is 41.4 Å². The largest absolute Gasteiger partial charge is 2.00 e. The van der Waals surface area contributed by atoms with E-state index in [1.54, 1.807) is 12.7 Å². The number of aromatic nitrogens is 8. The summed E-state index contributed by atoms with van der Waals surface area (Å²) in [5, 5.41) is 13.6. The average Bonchev–Trinajstić information content (AvgIpc) is 3.95. The van der Waals surface area contributed by atoms with Gasteiger partial charge in [-0.3, -0.25) is 4.79 Å². The number of anilines is 4. The van der Waals surface area contributed by atoms with Crippen LogP contribution >= 0.6 is 23.2 Å². The van der Waals surface area contributed by atoms with E-state index in [1.165, 1.54) is 12.7 Å². The van der Waals surface area contributed by atoms with E-state index < -0.39 is 5.60 Å². The molecule has 15 nitrogen and oxygen atoms in total. The molecule has 65 heavy (non-hydrogen) atoms. The summed E-state index contributed by atoms with van der Waals surface area (Å²) in [4.78, 5) is 55.1. The van der Waals surface area contributed by atoms with E-state index in [4.69, 9.17) is 32.9 Å². The number of aliphatic hydroxyl groups is 1. The van der Waals surface area contributed by atoms with Gasteiger partial charge in [0, 0.05) is 104 Å². The number of hydrogen-bond acceptors (Lipinski definition) is 13. The van der Waals surface area contributed by atoms with Crippen molar-refractivity contribution in [2.75, 3.05) is 52.9 Å². The van der Waals surface area contributed by atoms with Crippen LogP contribution in [-0.4, -0.2) is 125 Å². The molecule has 4 atom stereocenters. The zero-order valence-electron chi connectivity index (χ0n) is 38.0. The number of methoxy groups -OCH3 is 1. The molecule has 6 aromatic heterocycles. The van der Waals surface area contributed by atoms with E-state index in [1.807, 2.05) is 44.4 Å². The number of nitrogens with one attached hydrogen (secondary N) is 2. The Bertz CT molecular complexity index is 2610. The van der Waals surface area contributed by atoms with E-state index in [-0.39, 0.29) is 77.3 Å². The van der Waals surface area contributed by atoms with E-state index in [9.17, 15) is 9.90 Å². The van der Waals surface area contributed by atoms with E-state index in [0.717, 1.165) is 127 Å². The molecule has 4 aliphatic heterocycles. The molecule has 0 radical (unpaired) electrons. The minimum atomic E-state index is -0.694. The van der Waals surface area contributed by atoms with E-state index in [0.29, 0.717) is 23.4 Å². The molecular weight excluding hydrogens is 944 g/mol. The Labute approximate surface area is 417 Å². The molecule has 0 bridgehead atoms. The van der Waals surface area contributed by atoms with Gasteiger partial charge in [-0.25, -0.2) is 29.9 Å². The monoisotopic (exact) mass is 998 g/mol. The SMILES string of the molecule is COC(=O)[C@@H]1CCCN(c2ncnc3c2CN(c2cc(Cl)nc4[nH]ccc24)[C@H](C)C3)C1.C[C@@H]1Cc2ncnc(N3CCC[C@@H](C(C)(C)O)C3)c2CN1c1cc(Cl)nc2[nH]ccc12.[Br-].[CH3-].[Mg+2]. The summed E-state index contributed by atoms with van der Waals surface area (Å²) in [7, 11) is 1.45. The third-order valence-electron chi connectivity index (χ3n) is 13.3. The summed E-state index contributed by atoms with van der Waals surface area (Å²) in [6, 6.07) is 8.49. The molecule has 10 rings (SSSR count). The molecule has 3 N–H and O–H groups in total. The third-order valence-corrected chi connectivity index (χ3v) is 13.7. The number of carbonyl (C=O) groups is 1.